The molecule has 1 saturated heterocycles. The van der Waals surface area contributed by atoms with E-state index in [4.69, 9.17) is 5.73 Å². The van der Waals surface area contributed by atoms with Crippen LogP contribution in [0.15, 0.2) is 12.3 Å². The standard InChI is InChI=1S/C10H15N5O/c1-12-10-13-4-2-8(14-10)15-5-3-7(6-15)9(11)16/h2,4,7H,3,5-6H2,1H3,(H2,11,16)(H,12,13,14). The number of amides is 1. The van der Waals surface area contributed by atoms with E-state index in [1.54, 1.807) is 13.2 Å². The van der Waals surface area contributed by atoms with Gasteiger partial charge in [-0.15, -0.1) is 0 Å². The Kier molecular flexibility index (Phi) is 2.89. The van der Waals surface area contributed by atoms with Crippen LogP contribution in [0.1, 0.15) is 6.42 Å². The van der Waals surface area contributed by atoms with Crippen LogP contribution >= 0.6 is 0 Å². The number of carbonyl (C=O) groups is 1. The Bertz CT molecular complexity index is 395. The van der Waals surface area contributed by atoms with Crippen LogP contribution < -0.4 is 16.0 Å². The number of nitrogens with zero attached hydrogens (tertiary/aromatic N) is 3. The van der Waals surface area contributed by atoms with E-state index < -0.39 is 0 Å². The molecule has 1 unspecified atom stereocenters. The first kappa shape index (κ1) is 10.7. The van der Waals surface area contributed by atoms with Gasteiger partial charge < -0.3 is 16.0 Å². The number of rotatable bonds is 3. The number of anilines is 2. The third-order valence-corrected chi connectivity index (χ3v) is 2.78. The minimum Gasteiger partial charge on any atom is -0.369 e. The van der Waals surface area contributed by atoms with Crippen molar-refractivity contribution in [1.82, 2.24) is 9.97 Å². The molecule has 1 aromatic heterocycles. The molecule has 86 valence electrons. The van der Waals surface area contributed by atoms with Crippen molar-refractivity contribution >= 4 is 17.7 Å². The highest BCUT2D eigenvalue weighted by molar-refractivity contribution is 5.78. The fourth-order valence-corrected chi connectivity index (χ4v) is 1.85. The average Bonchev–Trinajstić information content (AvgIpc) is 2.78. The summed E-state index contributed by atoms with van der Waals surface area (Å²) in [4.78, 5) is 21.5. The summed E-state index contributed by atoms with van der Waals surface area (Å²) in [7, 11) is 1.77. The lowest BCUT2D eigenvalue weighted by atomic mass is 10.1. The largest absolute Gasteiger partial charge is 0.369 e. The summed E-state index contributed by atoms with van der Waals surface area (Å²) >= 11 is 0. The highest BCUT2D eigenvalue weighted by Gasteiger charge is 2.27. The summed E-state index contributed by atoms with van der Waals surface area (Å²) in [5.41, 5.74) is 5.28. The highest BCUT2D eigenvalue weighted by atomic mass is 16.1. The van der Waals surface area contributed by atoms with Gasteiger partial charge in [-0.1, -0.05) is 0 Å². The Hall–Kier alpha value is -1.85. The smallest absolute Gasteiger partial charge is 0.224 e. The predicted octanol–water partition coefficient (Wildman–Crippen LogP) is -0.170. The fourth-order valence-electron chi connectivity index (χ4n) is 1.85. The van der Waals surface area contributed by atoms with Gasteiger partial charge in [0.2, 0.25) is 11.9 Å². The van der Waals surface area contributed by atoms with Crippen LogP contribution in [0.3, 0.4) is 0 Å². The molecule has 1 amide bonds. The zero-order valence-electron chi connectivity index (χ0n) is 9.18. The predicted molar refractivity (Wildman–Crippen MR) is 61.1 cm³/mol. The van der Waals surface area contributed by atoms with Crippen LogP contribution in [0.25, 0.3) is 0 Å². The number of carbonyl (C=O) groups excluding carboxylic acids is 1. The second-order valence-corrected chi connectivity index (χ2v) is 3.82. The van der Waals surface area contributed by atoms with Gasteiger partial charge in [0.25, 0.3) is 0 Å². The molecule has 1 aromatic rings. The van der Waals surface area contributed by atoms with Gasteiger partial charge in [-0.25, -0.2) is 4.98 Å². The molecule has 0 aliphatic carbocycles. The Labute approximate surface area is 93.9 Å². The molecule has 16 heavy (non-hydrogen) atoms. The second-order valence-electron chi connectivity index (χ2n) is 3.82. The molecular formula is C10H15N5O. The Balaban J connectivity index is 2.11. The van der Waals surface area contributed by atoms with Gasteiger partial charge >= 0.3 is 0 Å². The van der Waals surface area contributed by atoms with E-state index in [0.29, 0.717) is 12.5 Å². The number of nitrogens with one attached hydrogen (secondary N) is 1. The van der Waals surface area contributed by atoms with Gasteiger partial charge in [0, 0.05) is 26.3 Å². The first-order chi connectivity index (χ1) is 7.70. The summed E-state index contributed by atoms with van der Waals surface area (Å²) in [5, 5.41) is 2.88. The number of aromatic nitrogens is 2. The van der Waals surface area contributed by atoms with Crippen LogP contribution in [0.5, 0.6) is 0 Å². The van der Waals surface area contributed by atoms with Crippen molar-refractivity contribution in [2.75, 3.05) is 30.4 Å². The first-order valence-electron chi connectivity index (χ1n) is 5.26. The Morgan fingerprint density at radius 1 is 1.69 bits per heavy atom. The van der Waals surface area contributed by atoms with E-state index in [0.717, 1.165) is 18.8 Å². The third-order valence-electron chi connectivity index (χ3n) is 2.78. The lowest BCUT2D eigenvalue weighted by Gasteiger charge is -2.16. The molecule has 6 nitrogen and oxygen atoms in total. The molecule has 0 aromatic carbocycles. The normalized spacial score (nSPS) is 19.8. The van der Waals surface area contributed by atoms with Gasteiger partial charge in [-0.3, -0.25) is 4.79 Å². The Morgan fingerprint density at radius 3 is 3.12 bits per heavy atom. The van der Waals surface area contributed by atoms with Crippen molar-refractivity contribution in [3.8, 4) is 0 Å². The van der Waals surface area contributed by atoms with Crippen molar-refractivity contribution in [2.45, 2.75) is 6.42 Å². The number of primary amides is 1. The van der Waals surface area contributed by atoms with E-state index in [2.05, 4.69) is 20.2 Å². The summed E-state index contributed by atoms with van der Waals surface area (Å²) < 4.78 is 0. The highest BCUT2D eigenvalue weighted by Crippen LogP contribution is 2.22. The van der Waals surface area contributed by atoms with Crippen LogP contribution in [0.2, 0.25) is 0 Å². The van der Waals surface area contributed by atoms with Crippen LogP contribution in [-0.4, -0.2) is 36.0 Å². The zero-order chi connectivity index (χ0) is 11.5. The van der Waals surface area contributed by atoms with Crippen molar-refractivity contribution in [1.29, 1.82) is 0 Å². The lowest BCUT2D eigenvalue weighted by Crippen LogP contribution is -2.27. The molecule has 2 heterocycles. The van der Waals surface area contributed by atoms with E-state index in [-0.39, 0.29) is 11.8 Å². The minimum atomic E-state index is -0.231. The minimum absolute atomic E-state index is 0.0620. The first-order valence-corrected chi connectivity index (χ1v) is 5.26. The zero-order valence-corrected chi connectivity index (χ0v) is 9.18. The second kappa shape index (κ2) is 4.34. The average molecular weight is 221 g/mol. The van der Waals surface area contributed by atoms with Gasteiger partial charge in [0.15, 0.2) is 0 Å². The summed E-state index contributed by atoms with van der Waals surface area (Å²) in [6, 6.07) is 1.84. The topological polar surface area (TPSA) is 84.1 Å². The molecular weight excluding hydrogens is 206 g/mol. The molecule has 1 aliphatic heterocycles. The SMILES string of the molecule is CNc1nccc(N2CCC(C(N)=O)C2)n1. The van der Waals surface area contributed by atoms with Crippen LogP contribution in [-0.2, 0) is 4.79 Å². The van der Waals surface area contributed by atoms with Crippen molar-refractivity contribution in [2.24, 2.45) is 11.7 Å². The fraction of sp³-hybridized carbons (Fsp3) is 0.500. The van der Waals surface area contributed by atoms with Gasteiger partial charge in [0.1, 0.15) is 5.82 Å². The molecule has 2 rings (SSSR count). The van der Waals surface area contributed by atoms with Crippen molar-refractivity contribution < 1.29 is 4.79 Å². The van der Waals surface area contributed by atoms with Gasteiger partial charge in [-0.05, 0) is 12.5 Å². The van der Waals surface area contributed by atoms with Crippen LogP contribution in [0.4, 0.5) is 11.8 Å². The van der Waals surface area contributed by atoms with E-state index in [9.17, 15) is 4.79 Å². The monoisotopic (exact) mass is 221 g/mol. The van der Waals surface area contributed by atoms with Gasteiger partial charge in [-0.2, -0.15) is 4.98 Å². The number of hydrogen-bond donors (Lipinski definition) is 2. The molecule has 3 N–H and O–H groups in total. The van der Waals surface area contributed by atoms with E-state index in [1.807, 2.05) is 6.07 Å². The molecule has 1 atom stereocenters. The third kappa shape index (κ3) is 2.05. The molecule has 1 fully saturated rings. The lowest BCUT2D eigenvalue weighted by molar-refractivity contribution is -0.121. The summed E-state index contributed by atoms with van der Waals surface area (Å²) in [6.45, 7) is 1.46. The number of hydrogen-bond acceptors (Lipinski definition) is 5. The molecule has 1 aliphatic rings. The molecule has 0 bridgehead atoms. The summed E-state index contributed by atoms with van der Waals surface area (Å²) in [5.74, 6) is 1.13. The molecule has 0 radical (unpaired) electrons. The summed E-state index contributed by atoms with van der Waals surface area (Å²) in [6.07, 6.45) is 2.50. The van der Waals surface area contributed by atoms with E-state index >= 15 is 0 Å². The number of nitrogens with two attached hydrogens (primary N) is 1. The van der Waals surface area contributed by atoms with Crippen molar-refractivity contribution in [3.05, 3.63) is 12.3 Å². The molecule has 0 saturated carbocycles. The molecule has 6 heteroatoms. The maximum Gasteiger partial charge on any atom is 0.224 e. The quantitative estimate of drug-likeness (QED) is 0.740. The Morgan fingerprint density at radius 2 is 2.50 bits per heavy atom. The maximum atomic E-state index is 11.1. The van der Waals surface area contributed by atoms with Gasteiger partial charge in [0.05, 0.1) is 5.92 Å². The van der Waals surface area contributed by atoms with Crippen LogP contribution in [0, 0.1) is 5.92 Å². The maximum absolute atomic E-state index is 11.1. The van der Waals surface area contributed by atoms with Crippen molar-refractivity contribution in [3.63, 3.8) is 0 Å². The molecule has 0 spiro atoms. The van der Waals surface area contributed by atoms with E-state index in [1.165, 1.54) is 0 Å².